The van der Waals surface area contributed by atoms with Gasteiger partial charge in [-0.3, -0.25) is 4.57 Å². The molecule has 0 aliphatic carbocycles. The number of thioether (sulfide) groups is 1. The highest BCUT2D eigenvalue weighted by molar-refractivity contribution is 7.98. The SMILES string of the molecule is C=CCn1c(SCc2ccccc2F)nnc1-c1cccc(S(=O)(=O)N2CCOCC2)c1. The summed E-state index contributed by atoms with van der Waals surface area (Å²) in [5.74, 6) is 0.656. The second-order valence-corrected chi connectivity index (χ2v) is 10.0. The van der Waals surface area contributed by atoms with Crippen LogP contribution in [-0.2, 0) is 27.1 Å². The number of halogens is 1. The van der Waals surface area contributed by atoms with Crippen LogP contribution in [0, 0.1) is 5.82 Å². The van der Waals surface area contributed by atoms with E-state index in [1.165, 1.54) is 22.1 Å². The number of ether oxygens (including phenoxy) is 1. The molecule has 0 radical (unpaired) electrons. The predicted octanol–water partition coefficient (Wildman–Crippen LogP) is 3.58. The first-order chi connectivity index (χ1) is 15.5. The van der Waals surface area contributed by atoms with E-state index >= 15 is 0 Å². The number of nitrogens with zero attached hydrogens (tertiary/aromatic N) is 4. The summed E-state index contributed by atoms with van der Waals surface area (Å²) in [7, 11) is -3.63. The van der Waals surface area contributed by atoms with E-state index in [1.807, 2.05) is 4.57 Å². The molecule has 0 N–H and O–H groups in total. The molecule has 0 spiro atoms. The number of aromatic nitrogens is 3. The van der Waals surface area contributed by atoms with Gasteiger partial charge in [0.1, 0.15) is 5.82 Å². The molecule has 1 saturated heterocycles. The van der Waals surface area contributed by atoms with Gasteiger partial charge in [-0.2, -0.15) is 4.31 Å². The lowest BCUT2D eigenvalue weighted by atomic mass is 10.2. The lowest BCUT2D eigenvalue weighted by Gasteiger charge is -2.26. The Balaban J connectivity index is 1.63. The minimum atomic E-state index is -3.63. The zero-order valence-electron chi connectivity index (χ0n) is 17.4. The molecule has 4 rings (SSSR count). The number of sulfonamides is 1. The van der Waals surface area contributed by atoms with Crippen molar-refractivity contribution >= 4 is 21.8 Å². The Bertz CT molecular complexity index is 1210. The molecule has 0 atom stereocenters. The number of hydrogen-bond acceptors (Lipinski definition) is 6. The third-order valence-electron chi connectivity index (χ3n) is 5.04. The maximum atomic E-state index is 14.0. The van der Waals surface area contributed by atoms with Gasteiger partial charge >= 0.3 is 0 Å². The minimum absolute atomic E-state index is 0.200. The molecule has 2 heterocycles. The minimum Gasteiger partial charge on any atom is -0.379 e. The van der Waals surface area contributed by atoms with Gasteiger partial charge in [0.05, 0.1) is 18.1 Å². The summed E-state index contributed by atoms with van der Waals surface area (Å²) in [6.07, 6.45) is 1.72. The second-order valence-electron chi connectivity index (χ2n) is 7.13. The average Bonchev–Trinajstić information content (AvgIpc) is 3.22. The van der Waals surface area contributed by atoms with Crippen LogP contribution in [0.25, 0.3) is 11.4 Å². The topological polar surface area (TPSA) is 77.3 Å². The van der Waals surface area contributed by atoms with E-state index in [0.29, 0.717) is 60.7 Å². The van der Waals surface area contributed by atoms with Crippen molar-refractivity contribution in [1.82, 2.24) is 19.1 Å². The highest BCUT2D eigenvalue weighted by Gasteiger charge is 2.27. The van der Waals surface area contributed by atoms with Gasteiger partial charge in [-0.1, -0.05) is 48.2 Å². The Hall–Kier alpha value is -2.53. The van der Waals surface area contributed by atoms with Crippen molar-refractivity contribution in [2.45, 2.75) is 22.3 Å². The van der Waals surface area contributed by atoms with Crippen molar-refractivity contribution < 1.29 is 17.5 Å². The Kier molecular flexibility index (Phi) is 7.04. The first-order valence-electron chi connectivity index (χ1n) is 10.1. The molecule has 10 heteroatoms. The Morgan fingerprint density at radius 3 is 2.66 bits per heavy atom. The largest absolute Gasteiger partial charge is 0.379 e. The molecule has 0 unspecified atom stereocenters. The van der Waals surface area contributed by atoms with E-state index in [1.54, 1.807) is 48.5 Å². The number of morpholine rings is 1. The van der Waals surface area contributed by atoms with E-state index in [-0.39, 0.29) is 10.7 Å². The van der Waals surface area contributed by atoms with Crippen LogP contribution in [0.4, 0.5) is 4.39 Å². The molecule has 1 aromatic heterocycles. The standard InChI is InChI=1S/C22H23FN4O3S2/c1-2-10-27-21(24-25-22(27)31-16-18-6-3-4-9-20(18)23)17-7-5-8-19(15-17)32(28,29)26-11-13-30-14-12-26/h2-9,15H,1,10-14,16H2. The molecule has 2 aromatic carbocycles. The maximum absolute atomic E-state index is 14.0. The highest BCUT2D eigenvalue weighted by Crippen LogP contribution is 2.29. The molecule has 1 aliphatic rings. The van der Waals surface area contributed by atoms with E-state index in [4.69, 9.17) is 4.74 Å². The Morgan fingerprint density at radius 2 is 1.91 bits per heavy atom. The molecule has 1 aliphatic heterocycles. The normalized spacial score (nSPS) is 15.0. The van der Waals surface area contributed by atoms with Crippen LogP contribution < -0.4 is 0 Å². The summed E-state index contributed by atoms with van der Waals surface area (Å²) in [5.41, 5.74) is 1.21. The van der Waals surface area contributed by atoms with Gasteiger partial charge in [0.25, 0.3) is 0 Å². The average molecular weight is 475 g/mol. The summed E-state index contributed by atoms with van der Waals surface area (Å²) in [6.45, 7) is 5.66. The molecule has 168 valence electrons. The highest BCUT2D eigenvalue weighted by atomic mass is 32.2. The van der Waals surface area contributed by atoms with Crippen molar-refractivity contribution in [1.29, 1.82) is 0 Å². The van der Waals surface area contributed by atoms with Gasteiger partial charge in [0, 0.05) is 31.0 Å². The van der Waals surface area contributed by atoms with Crippen molar-refractivity contribution in [2.24, 2.45) is 0 Å². The second kappa shape index (κ2) is 9.95. The lowest BCUT2D eigenvalue weighted by Crippen LogP contribution is -2.40. The molecule has 0 amide bonds. The van der Waals surface area contributed by atoms with Crippen molar-refractivity contribution in [3.05, 3.63) is 72.6 Å². The summed E-state index contributed by atoms with van der Waals surface area (Å²) in [6, 6.07) is 13.3. The fourth-order valence-electron chi connectivity index (χ4n) is 3.39. The van der Waals surface area contributed by atoms with Gasteiger partial charge < -0.3 is 4.74 Å². The first kappa shape index (κ1) is 22.7. The maximum Gasteiger partial charge on any atom is 0.243 e. The van der Waals surface area contributed by atoms with E-state index in [9.17, 15) is 12.8 Å². The summed E-state index contributed by atoms with van der Waals surface area (Å²) < 4.78 is 48.6. The van der Waals surface area contributed by atoms with Crippen LogP contribution in [0.5, 0.6) is 0 Å². The molecule has 32 heavy (non-hydrogen) atoms. The van der Waals surface area contributed by atoms with Gasteiger partial charge in [0.2, 0.25) is 10.0 Å². The number of benzene rings is 2. The molecule has 3 aromatic rings. The smallest absolute Gasteiger partial charge is 0.243 e. The molecule has 7 nitrogen and oxygen atoms in total. The van der Waals surface area contributed by atoms with Crippen LogP contribution in [-0.4, -0.2) is 53.8 Å². The monoisotopic (exact) mass is 474 g/mol. The molecule has 1 fully saturated rings. The molecular weight excluding hydrogens is 451 g/mol. The lowest BCUT2D eigenvalue weighted by molar-refractivity contribution is 0.0730. The molecule has 0 bridgehead atoms. The molecule has 0 saturated carbocycles. The summed E-state index contributed by atoms with van der Waals surface area (Å²) in [5, 5.41) is 9.17. The Morgan fingerprint density at radius 1 is 1.12 bits per heavy atom. The molecular formula is C22H23FN4O3S2. The van der Waals surface area contributed by atoms with E-state index in [2.05, 4.69) is 16.8 Å². The van der Waals surface area contributed by atoms with Gasteiger partial charge in [0.15, 0.2) is 11.0 Å². The fourth-order valence-corrected chi connectivity index (χ4v) is 5.78. The van der Waals surface area contributed by atoms with Gasteiger partial charge in [-0.15, -0.1) is 16.8 Å². The van der Waals surface area contributed by atoms with Gasteiger partial charge in [-0.25, -0.2) is 12.8 Å². The van der Waals surface area contributed by atoms with E-state index in [0.717, 1.165) is 0 Å². The van der Waals surface area contributed by atoms with Crippen molar-refractivity contribution in [3.8, 4) is 11.4 Å². The number of rotatable bonds is 8. The predicted molar refractivity (Wildman–Crippen MR) is 121 cm³/mol. The van der Waals surface area contributed by atoms with Crippen LogP contribution in [0.2, 0.25) is 0 Å². The van der Waals surface area contributed by atoms with Gasteiger partial charge in [-0.05, 0) is 23.8 Å². The van der Waals surface area contributed by atoms with E-state index < -0.39 is 10.0 Å². The third-order valence-corrected chi connectivity index (χ3v) is 7.95. The Labute approximate surface area is 191 Å². The summed E-state index contributed by atoms with van der Waals surface area (Å²) in [4.78, 5) is 0.200. The number of allylic oxidation sites excluding steroid dienone is 1. The quantitative estimate of drug-likeness (QED) is 0.367. The van der Waals surface area contributed by atoms with Crippen LogP contribution in [0.15, 0.2) is 71.2 Å². The van der Waals surface area contributed by atoms with Crippen molar-refractivity contribution in [3.63, 3.8) is 0 Å². The zero-order chi connectivity index (χ0) is 22.6. The first-order valence-corrected chi connectivity index (χ1v) is 12.5. The van der Waals surface area contributed by atoms with Crippen LogP contribution >= 0.6 is 11.8 Å². The van der Waals surface area contributed by atoms with Crippen LogP contribution in [0.1, 0.15) is 5.56 Å². The summed E-state index contributed by atoms with van der Waals surface area (Å²) >= 11 is 1.36. The number of hydrogen-bond donors (Lipinski definition) is 0. The zero-order valence-corrected chi connectivity index (χ0v) is 19.0. The van der Waals surface area contributed by atoms with Crippen LogP contribution in [0.3, 0.4) is 0 Å². The third kappa shape index (κ3) is 4.78. The van der Waals surface area contributed by atoms with Crippen molar-refractivity contribution in [2.75, 3.05) is 26.3 Å². The fraction of sp³-hybridized carbons (Fsp3) is 0.273.